The van der Waals surface area contributed by atoms with Crippen molar-refractivity contribution in [3.05, 3.63) is 104 Å². The highest BCUT2D eigenvalue weighted by atomic mass is 35.5. The van der Waals surface area contributed by atoms with Crippen molar-refractivity contribution in [3.8, 4) is 5.75 Å². The van der Waals surface area contributed by atoms with Gasteiger partial charge in [-0.15, -0.1) is 0 Å². The number of nitrogens with one attached hydrogen (secondary N) is 2. The van der Waals surface area contributed by atoms with Crippen LogP contribution in [0.4, 0.5) is 11.4 Å². The standard InChI is InChI=1S/C27H26ClN3O5/c1-27(2,3)19-9-7-18(8-10-19)25(32)30-23(15-17-5-12-21(13-6-17)31(34)35)26(33)29-20-11-14-24(36-4)22(28)16-20/h5-16H,1-4H3,(H,29,33)(H,30,32). The third kappa shape index (κ3) is 6.70. The first-order valence-electron chi connectivity index (χ1n) is 11.0. The van der Waals surface area contributed by atoms with E-state index < -0.39 is 16.7 Å². The number of carbonyl (C=O) groups excluding carboxylic acids is 2. The number of carbonyl (C=O) groups is 2. The molecule has 0 fully saturated rings. The van der Waals surface area contributed by atoms with Gasteiger partial charge in [-0.3, -0.25) is 19.7 Å². The summed E-state index contributed by atoms with van der Waals surface area (Å²) in [5, 5.41) is 16.6. The van der Waals surface area contributed by atoms with E-state index in [0.29, 0.717) is 27.6 Å². The summed E-state index contributed by atoms with van der Waals surface area (Å²) < 4.78 is 5.13. The molecule has 0 saturated carbocycles. The molecule has 8 nitrogen and oxygen atoms in total. The monoisotopic (exact) mass is 507 g/mol. The van der Waals surface area contributed by atoms with Crippen LogP contribution in [-0.2, 0) is 10.2 Å². The van der Waals surface area contributed by atoms with Crippen LogP contribution in [0.25, 0.3) is 6.08 Å². The molecule has 0 aliphatic rings. The Balaban J connectivity index is 1.90. The van der Waals surface area contributed by atoms with E-state index in [-0.39, 0.29) is 16.8 Å². The zero-order chi connectivity index (χ0) is 26.5. The Kier molecular flexibility index (Phi) is 8.11. The van der Waals surface area contributed by atoms with Crippen LogP contribution in [0.15, 0.2) is 72.4 Å². The summed E-state index contributed by atoms with van der Waals surface area (Å²) >= 11 is 6.16. The largest absolute Gasteiger partial charge is 0.495 e. The maximum atomic E-state index is 13.1. The molecular weight excluding hydrogens is 482 g/mol. The maximum absolute atomic E-state index is 13.1. The number of hydrogen-bond acceptors (Lipinski definition) is 5. The van der Waals surface area contributed by atoms with E-state index in [9.17, 15) is 19.7 Å². The van der Waals surface area contributed by atoms with E-state index in [4.69, 9.17) is 16.3 Å². The SMILES string of the molecule is COc1ccc(NC(=O)C(=Cc2ccc([N+](=O)[O-])cc2)NC(=O)c2ccc(C(C)(C)C)cc2)cc1Cl. The molecule has 0 saturated heterocycles. The fourth-order valence-electron chi connectivity index (χ4n) is 3.28. The predicted octanol–water partition coefficient (Wildman–Crippen LogP) is 5.96. The quantitative estimate of drug-likeness (QED) is 0.233. The summed E-state index contributed by atoms with van der Waals surface area (Å²) in [7, 11) is 1.48. The van der Waals surface area contributed by atoms with E-state index in [1.165, 1.54) is 43.5 Å². The number of anilines is 1. The number of benzene rings is 3. The average Bonchev–Trinajstić information content (AvgIpc) is 2.83. The van der Waals surface area contributed by atoms with Crippen LogP contribution >= 0.6 is 11.6 Å². The molecule has 36 heavy (non-hydrogen) atoms. The number of nitrogens with zero attached hydrogens (tertiary/aromatic N) is 1. The molecule has 0 aliphatic carbocycles. The minimum absolute atomic E-state index is 0.0549. The van der Waals surface area contributed by atoms with Crippen molar-refractivity contribution in [1.29, 1.82) is 0 Å². The molecule has 0 spiro atoms. The van der Waals surface area contributed by atoms with Gasteiger partial charge >= 0.3 is 0 Å². The number of amides is 2. The van der Waals surface area contributed by atoms with Gasteiger partial charge in [0.05, 0.1) is 17.1 Å². The molecule has 0 radical (unpaired) electrons. The van der Waals surface area contributed by atoms with Crippen molar-refractivity contribution < 1.29 is 19.2 Å². The van der Waals surface area contributed by atoms with E-state index >= 15 is 0 Å². The molecular formula is C27H26ClN3O5. The predicted molar refractivity (Wildman–Crippen MR) is 140 cm³/mol. The fraction of sp³-hybridized carbons (Fsp3) is 0.185. The van der Waals surface area contributed by atoms with Crippen LogP contribution < -0.4 is 15.4 Å². The van der Waals surface area contributed by atoms with Gasteiger partial charge in [-0.05, 0) is 65.1 Å². The van der Waals surface area contributed by atoms with Crippen molar-refractivity contribution in [2.45, 2.75) is 26.2 Å². The van der Waals surface area contributed by atoms with Gasteiger partial charge in [0, 0.05) is 23.4 Å². The van der Waals surface area contributed by atoms with Gasteiger partial charge in [0.15, 0.2) is 0 Å². The first kappa shape index (κ1) is 26.4. The van der Waals surface area contributed by atoms with Crippen molar-refractivity contribution in [2.24, 2.45) is 0 Å². The van der Waals surface area contributed by atoms with Crippen molar-refractivity contribution >= 4 is 40.9 Å². The minimum atomic E-state index is -0.603. The molecule has 0 aliphatic heterocycles. The third-order valence-electron chi connectivity index (χ3n) is 5.33. The lowest BCUT2D eigenvalue weighted by molar-refractivity contribution is -0.384. The first-order valence-corrected chi connectivity index (χ1v) is 11.4. The summed E-state index contributed by atoms with van der Waals surface area (Å²) in [4.78, 5) is 36.6. The molecule has 3 rings (SSSR count). The summed E-state index contributed by atoms with van der Waals surface area (Å²) in [6, 6.07) is 17.5. The van der Waals surface area contributed by atoms with Gasteiger partial charge in [0.1, 0.15) is 11.4 Å². The van der Waals surface area contributed by atoms with Crippen molar-refractivity contribution in [1.82, 2.24) is 5.32 Å². The van der Waals surface area contributed by atoms with Gasteiger partial charge in [0.25, 0.3) is 17.5 Å². The number of rotatable bonds is 7. The lowest BCUT2D eigenvalue weighted by atomic mass is 9.87. The van der Waals surface area contributed by atoms with E-state index in [1.807, 2.05) is 12.1 Å². The number of methoxy groups -OCH3 is 1. The molecule has 3 aromatic carbocycles. The van der Waals surface area contributed by atoms with Crippen LogP contribution in [-0.4, -0.2) is 23.8 Å². The molecule has 9 heteroatoms. The second-order valence-corrected chi connectivity index (χ2v) is 9.40. The van der Waals surface area contributed by atoms with Crippen LogP contribution in [0, 0.1) is 10.1 Å². The Morgan fingerprint density at radius 2 is 1.64 bits per heavy atom. The zero-order valence-electron chi connectivity index (χ0n) is 20.3. The highest BCUT2D eigenvalue weighted by molar-refractivity contribution is 6.32. The molecule has 2 N–H and O–H groups in total. The smallest absolute Gasteiger partial charge is 0.272 e. The summed E-state index contributed by atoms with van der Waals surface area (Å²) in [5.74, 6) is -0.635. The lowest BCUT2D eigenvalue weighted by Gasteiger charge is -2.19. The topological polar surface area (TPSA) is 111 Å². The molecule has 0 atom stereocenters. The van der Waals surface area contributed by atoms with Crippen LogP contribution in [0.3, 0.4) is 0 Å². The zero-order valence-corrected chi connectivity index (χ0v) is 21.1. The van der Waals surface area contributed by atoms with E-state index in [1.54, 1.807) is 24.3 Å². The molecule has 0 aromatic heterocycles. The van der Waals surface area contributed by atoms with Crippen molar-refractivity contribution in [2.75, 3.05) is 12.4 Å². The Labute approximate surface area is 214 Å². The maximum Gasteiger partial charge on any atom is 0.272 e. The van der Waals surface area contributed by atoms with Gasteiger partial charge < -0.3 is 15.4 Å². The Bertz CT molecular complexity index is 1310. The summed E-state index contributed by atoms with van der Waals surface area (Å²) in [6.45, 7) is 6.22. The minimum Gasteiger partial charge on any atom is -0.495 e. The second-order valence-electron chi connectivity index (χ2n) is 8.99. The molecule has 0 bridgehead atoms. The second kappa shape index (κ2) is 11.0. The highest BCUT2D eigenvalue weighted by Crippen LogP contribution is 2.27. The van der Waals surface area contributed by atoms with Gasteiger partial charge in [-0.25, -0.2) is 0 Å². The fourth-order valence-corrected chi connectivity index (χ4v) is 3.53. The molecule has 186 valence electrons. The molecule has 0 heterocycles. The Hall–Kier alpha value is -4.17. The van der Waals surface area contributed by atoms with Gasteiger partial charge in [-0.1, -0.05) is 44.5 Å². The van der Waals surface area contributed by atoms with Crippen molar-refractivity contribution in [3.63, 3.8) is 0 Å². The average molecular weight is 508 g/mol. The third-order valence-corrected chi connectivity index (χ3v) is 5.63. The van der Waals surface area contributed by atoms with Crippen LogP contribution in [0.5, 0.6) is 5.75 Å². The molecule has 2 amide bonds. The number of ether oxygens (including phenoxy) is 1. The number of nitro benzene ring substituents is 1. The highest BCUT2D eigenvalue weighted by Gasteiger charge is 2.18. The summed E-state index contributed by atoms with van der Waals surface area (Å²) in [5.41, 5.74) is 2.10. The Morgan fingerprint density at radius 3 is 2.17 bits per heavy atom. The van der Waals surface area contributed by atoms with Crippen LogP contribution in [0.1, 0.15) is 42.3 Å². The van der Waals surface area contributed by atoms with Gasteiger partial charge in [-0.2, -0.15) is 0 Å². The number of hydrogen-bond donors (Lipinski definition) is 2. The number of nitro groups is 1. The summed E-state index contributed by atoms with van der Waals surface area (Å²) in [6.07, 6.45) is 1.44. The lowest BCUT2D eigenvalue weighted by Crippen LogP contribution is -2.30. The van der Waals surface area contributed by atoms with Crippen LogP contribution in [0.2, 0.25) is 5.02 Å². The normalized spacial score (nSPS) is 11.5. The first-order chi connectivity index (χ1) is 17.0. The van der Waals surface area contributed by atoms with E-state index in [2.05, 4.69) is 31.4 Å². The Morgan fingerprint density at radius 1 is 1.00 bits per heavy atom. The number of halogens is 1. The molecule has 0 unspecified atom stereocenters. The number of non-ortho nitro benzene ring substituents is 1. The van der Waals surface area contributed by atoms with E-state index in [0.717, 1.165) is 5.56 Å². The van der Waals surface area contributed by atoms with Gasteiger partial charge in [0.2, 0.25) is 0 Å². The molecule has 3 aromatic rings.